The molecule has 2 aromatic heterocycles. The molecule has 4 aromatic rings. The molecule has 10 heteroatoms. The van der Waals surface area contributed by atoms with Crippen LogP contribution in [0, 0.1) is 17.6 Å². The minimum atomic E-state index is -0.677. The smallest absolute Gasteiger partial charge is 0.319 e. The number of hydrogen-bond acceptors (Lipinski definition) is 8. The second-order valence-corrected chi connectivity index (χ2v) is 11.6. The van der Waals surface area contributed by atoms with Crippen molar-refractivity contribution in [1.82, 2.24) is 19.9 Å². The molecular formula is C31H33F2N5O3. The summed E-state index contributed by atoms with van der Waals surface area (Å²) in [6.07, 6.45) is 5.68. The maximum absolute atomic E-state index is 16.5. The third kappa shape index (κ3) is 4.49. The summed E-state index contributed by atoms with van der Waals surface area (Å²) in [5, 5.41) is 21.5. The van der Waals surface area contributed by atoms with Crippen molar-refractivity contribution in [2.75, 3.05) is 44.3 Å². The molecule has 3 saturated heterocycles. The molecule has 7 rings (SSSR count). The van der Waals surface area contributed by atoms with Crippen LogP contribution in [-0.4, -0.2) is 81.1 Å². The molecule has 0 aliphatic carbocycles. The lowest BCUT2D eigenvalue weighted by Crippen LogP contribution is -2.45. The number of ether oxygens (including phenoxy) is 1. The normalized spacial score (nSPS) is 22.5. The lowest BCUT2D eigenvalue weighted by molar-refractivity contribution is 0.0524. The second kappa shape index (κ2) is 10.4. The fourth-order valence-electron chi connectivity index (χ4n) is 7.06. The zero-order chi connectivity index (χ0) is 28.1. The van der Waals surface area contributed by atoms with E-state index in [9.17, 15) is 14.6 Å². The van der Waals surface area contributed by atoms with Gasteiger partial charge in [0.1, 0.15) is 29.5 Å². The minimum absolute atomic E-state index is 0.00227. The Balaban J connectivity index is 1.35. The van der Waals surface area contributed by atoms with Gasteiger partial charge in [-0.1, -0.05) is 30.3 Å². The lowest BCUT2D eigenvalue weighted by Gasteiger charge is -2.36. The number of pyridine rings is 1. The number of anilines is 1. The van der Waals surface area contributed by atoms with Crippen molar-refractivity contribution in [3.8, 4) is 17.3 Å². The number of hydrogen-bond donors (Lipinski definition) is 2. The van der Waals surface area contributed by atoms with Crippen molar-refractivity contribution >= 4 is 27.5 Å². The molecule has 2 unspecified atom stereocenters. The Morgan fingerprint density at radius 2 is 1.80 bits per heavy atom. The summed E-state index contributed by atoms with van der Waals surface area (Å²) in [4.78, 5) is 18.2. The quantitative estimate of drug-likeness (QED) is 0.360. The number of rotatable bonds is 6. The van der Waals surface area contributed by atoms with Crippen molar-refractivity contribution < 1.29 is 23.7 Å². The zero-order valence-electron chi connectivity index (χ0n) is 22.8. The van der Waals surface area contributed by atoms with Crippen LogP contribution in [0.15, 0.2) is 42.6 Å². The third-order valence-corrected chi connectivity index (χ3v) is 9.26. The average molecular weight is 562 g/mol. The van der Waals surface area contributed by atoms with E-state index in [1.165, 1.54) is 12.3 Å². The van der Waals surface area contributed by atoms with Crippen LogP contribution in [0.25, 0.3) is 32.9 Å². The van der Waals surface area contributed by atoms with Crippen molar-refractivity contribution in [3.63, 3.8) is 0 Å². The van der Waals surface area contributed by atoms with Crippen LogP contribution in [0.1, 0.15) is 32.1 Å². The van der Waals surface area contributed by atoms with E-state index in [0.717, 1.165) is 38.8 Å². The molecule has 214 valence electrons. The van der Waals surface area contributed by atoms with Crippen LogP contribution in [0.2, 0.25) is 0 Å². The predicted molar refractivity (Wildman–Crippen MR) is 152 cm³/mol. The Bertz CT molecular complexity index is 1600. The number of benzene rings is 2. The molecule has 0 saturated carbocycles. The molecule has 2 atom stereocenters. The van der Waals surface area contributed by atoms with Crippen molar-refractivity contribution in [2.24, 2.45) is 5.92 Å². The Morgan fingerprint density at radius 3 is 2.59 bits per heavy atom. The van der Waals surface area contributed by atoms with Gasteiger partial charge in [0.25, 0.3) is 0 Å². The molecule has 3 fully saturated rings. The van der Waals surface area contributed by atoms with E-state index in [1.807, 2.05) is 4.90 Å². The van der Waals surface area contributed by atoms with E-state index in [-0.39, 0.29) is 35.3 Å². The minimum Gasteiger partial charge on any atom is -0.461 e. The van der Waals surface area contributed by atoms with Gasteiger partial charge < -0.3 is 19.8 Å². The molecule has 5 heterocycles. The summed E-state index contributed by atoms with van der Waals surface area (Å²) < 4.78 is 37.7. The van der Waals surface area contributed by atoms with Gasteiger partial charge in [0.2, 0.25) is 0 Å². The Kier molecular flexibility index (Phi) is 6.72. The van der Waals surface area contributed by atoms with E-state index in [4.69, 9.17) is 9.72 Å². The van der Waals surface area contributed by atoms with Gasteiger partial charge in [-0.2, -0.15) is 9.97 Å². The van der Waals surface area contributed by atoms with Gasteiger partial charge in [0, 0.05) is 36.2 Å². The summed E-state index contributed by atoms with van der Waals surface area (Å²) >= 11 is 0. The highest BCUT2D eigenvalue weighted by Gasteiger charge is 2.45. The van der Waals surface area contributed by atoms with E-state index >= 15 is 4.39 Å². The van der Waals surface area contributed by atoms with E-state index in [2.05, 4.69) is 14.9 Å². The lowest BCUT2D eigenvalue weighted by atomic mass is 9.95. The van der Waals surface area contributed by atoms with E-state index in [0.29, 0.717) is 53.7 Å². The number of nitrogens with zero attached hydrogens (tertiary/aromatic N) is 5. The Hall–Kier alpha value is -3.47. The summed E-state index contributed by atoms with van der Waals surface area (Å²) in [7, 11) is 0. The fourth-order valence-corrected chi connectivity index (χ4v) is 7.06. The maximum atomic E-state index is 16.5. The number of aliphatic hydroxyl groups is 2. The van der Waals surface area contributed by atoms with E-state index in [1.54, 1.807) is 30.3 Å². The molecule has 2 aromatic carbocycles. The number of aromatic nitrogens is 3. The number of fused-ring (bicyclic) bond motifs is 3. The van der Waals surface area contributed by atoms with E-state index < -0.39 is 17.7 Å². The highest BCUT2D eigenvalue weighted by Crippen LogP contribution is 2.40. The Labute approximate surface area is 236 Å². The SMILES string of the molecule is OCC1CN(c2nc(OCC34CCCN3CCC4)nc3c(F)c(-c4cccc5cccc(F)c45)ncc23)CCC1O. The maximum Gasteiger partial charge on any atom is 0.319 e. The number of halogens is 2. The van der Waals surface area contributed by atoms with Gasteiger partial charge >= 0.3 is 6.01 Å². The van der Waals surface area contributed by atoms with Gasteiger partial charge in [-0.25, -0.2) is 8.78 Å². The molecule has 3 aliphatic heterocycles. The average Bonchev–Trinajstić information content (AvgIpc) is 3.57. The molecule has 41 heavy (non-hydrogen) atoms. The fraction of sp³-hybridized carbons (Fsp3) is 0.452. The van der Waals surface area contributed by atoms with Gasteiger partial charge in [0.15, 0.2) is 5.82 Å². The standard InChI is InChI=1S/C31H33F2N5O3/c32-23-8-2-6-19-5-1-7-21(25(19)23)27-26(33)28-22(15-34-27)29(37-14-9-24(40)20(16-37)17-39)36-30(35-28)41-18-31-10-3-12-38(31)13-4-11-31/h1-2,5-8,15,20,24,39-40H,3-4,9-14,16-18H2. The molecular weight excluding hydrogens is 528 g/mol. The molecule has 0 bridgehead atoms. The molecule has 0 radical (unpaired) electrons. The zero-order valence-corrected chi connectivity index (χ0v) is 22.8. The number of aliphatic hydroxyl groups excluding tert-OH is 2. The van der Waals surface area contributed by atoms with Crippen molar-refractivity contribution in [3.05, 3.63) is 54.2 Å². The number of piperidine rings is 1. The second-order valence-electron chi connectivity index (χ2n) is 11.6. The van der Waals surface area contributed by atoms with Gasteiger partial charge in [-0.05, 0) is 56.6 Å². The third-order valence-electron chi connectivity index (χ3n) is 9.26. The molecule has 0 spiro atoms. The highest BCUT2D eigenvalue weighted by molar-refractivity contribution is 5.99. The monoisotopic (exact) mass is 561 g/mol. The molecule has 0 amide bonds. The summed E-state index contributed by atoms with van der Waals surface area (Å²) in [6.45, 7) is 3.17. The first-order chi connectivity index (χ1) is 20.0. The predicted octanol–water partition coefficient (Wildman–Crippen LogP) is 4.31. The first kappa shape index (κ1) is 26.4. The van der Waals surface area contributed by atoms with Crippen LogP contribution in [0.4, 0.5) is 14.6 Å². The van der Waals surface area contributed by atoms with Crippen LogP contribution >= 0.6 is 0 Å². The molecule has 8 nitrogen and oxygen atoms in total. The summed E-state index contributed by atoms with van der Waals surface area (Å²) in [5.74, 6) is -1.04. The first-order valence-corrected chi connectivity index (χ1v) is 14.4. The highest BCUT2D eigenvalue weighted by atomic mass is 19.1. The van der Waals surface area contributed by atoms with Crippen LogP contribution in [-0.2, 0) is 0 Å². The van der Waals surface area contributed by atoms with Crippen LogP contribution in [0.5, 0.6) is 6.01 Å². The summed E-state index contributed by atoms with van der Waals surface area (Å²) in [6, 6.07) is 10.0. The topological polar surface area (TPSA) is 94.8 Å². The van der Waals surface area contributed by atoms with Gasteiger partial charge in [0.05, 0.1) is 23.6 Å². The Morgan fingerprint density at radius 1 is 1.02 bits per heavy atom. The summed E-state index contributed by atoms with van der Waals surface area (Å²) in [5.41, 5.74) is 0.346. The first-order valence-electron chi connectivity index (χ1n) is 14.4. The van der Waals surface area contributed by atoms with Crippen LogP contribution in [0.3, 0.4) is 0 Å². The largest absolute Gasteiger partial charge is 0.461 e. The van der Waals surface area contributed by atoms with Crippen LogP contribution < -0.4 is 9.64 Å². The van der Waals surface area contributed by atoms with Gasteiger partial charge in [-0.15, -0.1) is 0 Å². The van der Waals surface area contributed by atoms with Gasteiger partial charge in [-0.3, -0.25) is 9.88 Å². The van der Waals surface area contributed by atoms with Crippen molar-refractivity contribution in [2.45, 2.75) is 43.7 Å². The van der Waals surface area contributed by atoms with Crippen molar-refractivity contribution in [1.29, 1.82) is 0 Å². The molecule has 2 N–H and O–H groups in total. The molecule has 3 aliphatic rings.